The molecule has 1 aromatic rings. The van der Waals surface area contributed by atoms with Gasteiger partial charge in [0.25, 0.3) is 0 Å². The van der Waals surface area contributed by atoms with Crippen LogP contribution in [-0.2, 0) is 25.5 Å². The molecule has 7 atom stereocenters. The van der Waals surface area contributed by atoms with Crippen molar-refractivity contribution in [2.45, 2.75) is 49.1 Å². The zero-order valence-electron chi connectivity index (χ0n) is 15.7. The maximum Gasteiger partial charge on any atom is 0.325 e. The molecule has 11 heteroatoms. The third-order valence-corrected chi connectivity index (χ3v) is 4.72. The standard InChI is InChI=1S/C18H26N2O9/c1-28-16-14(25)12(23)13(24)15(26)17(16)29-11(22)7-20-18(27)10(19)6-8-2-4-9(21)5-3-8/h2-5,10,12-17,21,23-26H,6-7,19H2,1H3,(H,20,27)/t10-,12?,13?,14?,15?,16?,17?/m0/s1. The van der Waals surface area contributed by atoms with Gasteiger partial charge in [0.05, 0.1) is 6.04 Å². The summed E-state index contributed by atoms with van der Waals surface area (Å²) in [7, 11) is 1.18. The molecule has 0 aromatic heterocycles. The van der Waals surface area contributed by atoms with Crippen LogP contribution in [0.1, 0.15) is 5.56 Å². The number of aliphatic hydroxyl groups is 4. The van der Waals surface area contributed by atoms with Crippen molar-refractivity contribution >= 4 is 11.9 Å². The quantitative estimate of drug-likeness (QED) is 0.223. The van der Waals surface area contributed by atoms with Crippen LogP contribution in [0.25, 0.3) is 0 Å². The van der Waals surface area contributed by atoms with Crippen LogP contribution in [0.3, 0.4) is 0 Å². The van der Waals surface area contributed by atoms with Crippen LogP contribution in [0.4, 0.5) is 0 Å². The van der Waals surface area contributed by atoms with Gasteiger partial charge in [-0.1, -0.05) is 12.1 Å². The fourth-order valence-electron chi connectivity index (χ4n) is 3.05. The Morgan fingerprint density at radius 3 is 2.14 bits per heavy atom. The molecule has 1 fully saturated rings. The summed E-state index contributed by atoms with van der Waals surface area (Å²) in [5, 5.41) is 50.9. The van der Waals surface area contributed by atoms with Gasteiger partial charge in [0.1, 0.15) is 42.8 Å². The minimum Gasteiger partial charge on any atom is -0.508 e. The highest BCUT2D eigenvalue weighted by Gasteiger charge is 2.51. The molecule has 1 aromatic carbocycles. The number of carbonyl (C=O) groups is 2. The van der Waals surface area contributed by atoms with Gasteiger partial charge < -0.3 is 46.1 Å². The molecule has 1 amide bonds. The summed E-state index contributed by atoms with van der Waals surface area (Å²) in [6.45, 7) is -0.573. The second-order valence-corrected chi connectivity index (χ2v) is 6.81. The van der Waals surface area contributed by atoms with E-state index in [9.17, 15) is 35.1 Å². The van der Waals surface area contributed by atoms with Gasteiger partial charge in [-0.15, -0.1) is 0 Å². The molecular formula is C18H26N2O9. The van der Waals surface area contributed by atoms with E-state index in [-0.39, 0.29) is 12.2 Å². The van der Waals surface area contributed by atoms with E-state index in [2.05, 4.69) is 5.32 Å². The number of benzene rings is 1. The number of hydrogen-bond acceptors (Lipinski definition) is 10. The lowest BCUT2D eigenvalue weighted by atomic mass is 9.84. The number of phenols is 1. The highest BCUT2D eigenvalue weighted by molar-refractivity contribution is 5.85. The molecule has 0 radical (unpaired) electrons. The fourth-order valence-corrected chi connectivity index (χ4v) is 3.05. The largest absolute Gasteiger partial charge is 0.508 e. The van der Waals surface area contributed by atoms with Crippen LogP contribution >= 0.6 is 0 Å². The maximum absolute atomic E-state index is 12.1. The van der Waals surface area contributed by atoms with Gasteiger partial charge in [-0.05, 0) is 24.1 Å². The van der Waals surface area contributed by atoms with Crippen LogP contribution < -0.4 is 11.1 Å². The third-order valence-electron chi connectivity index (χ3n) is 4.72. The Morgan fingerprint density at radius 1 is 1.03 bits per heavy atom. The number of hydrogen-bond donors (Lipinski definition) is 7. The Balaban J connectivity index is 1.87. The predicted molar refractivity (Wildman–Crippen MR) is 97.5 cm³/mol. The van der Waals surface area contributed by atoms with Gasteiger partial charge >= 0.3 is 5.97 Å². The van der Waals surface area contributed by atoms with Crippen LogP contribution in [0.5, 0.6) is 5.75 Å². The predicted octanol–water partition coefficient (Wildman–Crippen LogP) is -3.24. The first-order valence-electron chi connectivity index (χ1n) is 8.91. The molecule has 1 aliphatic carbocycles. The number of phenolic OH excluding ortho intramolecular Hbond substituents is 1. The molecule has 0 heterocycles. The number of rotatable bonds is 7. The van der Waals surface area contributed by atoms with E-state index >= 15 is 0 Å². The van der Waals surface area contributed by atoms with Crippen LogP contribution in [0.15, 0.2) is 24.3 Å². The van der Waals surface area contributed by atoms with Crippen molar-refractivity contribution in [1.82, 2.24) is 5.32 Å². The Kier molecular flexibility index (Phi) is 7.90. The Bertz CT molecular complexity index is 699. The second kappa shape index (κ2) is 9.96. The van der Waals surface area contributed by atoms with Crippen LogP contribution in [-0.4, -0.2) is 93.7 Å². The first-order chi connectivity index (χ1) is 13.6. The van der Waals surface area contributed by atoms with Crippen molar-refractivity contribution in [2.75, 3.05) is 13.7 Å². The maximum atomic E-state index is 12.1. The third kappa shape index (κ3) is 5.63. The number of amides is 1. The molecule has 0 spiro atoms. The van der Waals surface area contributed by atoms with Crippen molar-refractivity contribution < 1.29 is 44.6 Å². The SMILES string of the molecule is COC1C(O)C(O)C(O)C(O)C1OC(=O)CNC(=O)[C@@H](N)Cc1ccc(O)cc1. The summed E-state index contributed by atoms with van der Waals surface area (Å²) >= 11 is 0. The summed E-state index contributed by atoms with van der Waals surface area (Å²) in [6, 6.07) is 5.17. The smallest absolute Gasteiger partial charge is 0.325 e. The van der Waals surface area contributed by atoms with E-state index in [1.165, 1.54) is 19.2 Å². The Hall–Kier alpha value is -2.28. The molecular weight excluding hydrogens is 388 g/mol. The van der Waals surface area contributed by atoms with Crippen LogP contribution in [0.2, 0.25) is 0 Å². The number of methoxy groups -OCH3 is 1. The monoisotopic (exact) mass is 414 g/mol. The van der Waals surface area contributed by atoms with Gasteiger partial charge in [-0.25, -0.2) is 0 Å². The van der Waals surface area contributed by atoms with Gasteiger partial charge in [-0.3, -0.25) is 9.59 Å². The van der Waals surface area contributed by atoms with Crippen molar-refractivity contribution in [1.29, 1.82) is 0 Å². The zero-order chi connectivity index (χ0) is 21.7. The number of aliphatic hydroxyl groups excluding tert-OH is 4. The molecule has 1 aliphatic rings. The molecule has 2 rings (SSSR count). The van der Waals surface area contributed by atoms with Gasteiger partial charge in [0, 0.05) is 7.11 Å². The molecule has 11 nitrogen and oxygen atoms in total. The van der Waals surface area contributed by atoms with E-state index < -0.39 is 61.1 Å². The average molecular weight is 414 g/mol. The lowest BCUT2D eigenvalue weighted by Crippen LogP contribution is -2.65. The lowest BCUT2D eigenvalue weighted by molar-refractivity contribution is -0.238. The van der Waals surface area contributed by atoms with Crippen molar-refractivity contribution in [3.63, 3.8) is 0 Å². The van der Waals surface area contributed by atoms with E-state index in [0.717, 1.165) is 0 Å². The molecule has 8 N–H and O–H groups in total. The number of nitrogens with two attached hydrogens (primary N) is 1. The van der Waals surface area contributed by atoms with Crippen molar-refractivity contribution in [3.05, 3.63) is 29.8 Å². The first kappa shape index (κ1) is 23.0. The summed E-state index contributed by atoms with van der Waals surface area (Å²) in [6.07, 6.45) is -9.28. The molecule has 0 aliphatic heterocycles. The highest BCUT2D eigenvalue weighted by Crippen LogP contribution is 2.25. The summed E-state index contributed by atoms with van der Waals surface area (Å²) in [4.78, 5) is 24.1. The number of esters is 1. The Labute approximate surface area is 166 Å². The highest BCUT2D eigenvalue weighted by atomic mass is 16.6. The number of ether oxygens (including phenoxy) is 2. The summed E-state index contributed by atoms with van der Waals surface area (Å²) in [5.41, 5.74) is 6.51. The molecule has 0 saturated heterocycles. The Morgan fingerprint density at radius 2 is 1.59 bits per heavy atom. The molecule has 1 saturated carbocycles. The molecule has 162 valence electrons. The lowest BCUT2D eigenvalue weighted by Gasteiger charge is -2.42. The normalized spacial score (nSPS) is 30.4. The first-order valence-corrected chi connectivity index (χ1v) is 8.91. The van der Waals surface area contributed by atoms with Crippen molar-refractivity contribution in [3.8, 4) is 5.75 Å². The fraction of sp³-hybridized carbons (Fsp3) is 0.556. The molecule has 29 heavy (non-hydrogen) atoms. The number of nitrogens with one attached hydrogen (secondary N) is 1. The number of aromatic hydroxyl groups is 1. The molecule has 6 unspecified atom stereocenters. The van der Waals surface area contributed by atoms with Crippen LogP contribution in [0, 0.1) is 0 Å². The van der Waals surface area contributed by atoms with Gasteiger partial charge in [0.15, 0.2) is 6.10 Å². The zero-order valence-corrected chi connectivity index (χ0v) is 15.7. The van der Waals surface area contributed by atoms with Gasteiger partial charge in [0.2, 0.25) is 5.91 Å². The van der Waals surface area contributed by atoms with E-state index in [0.29, 0.717) is 5.56 Å². The minimum atomic E-state index is -1.75. The number of carbonyl (C=O) groups excluding carboxylic acids is 2. The topological polar surface area (TPSA) is 192 Å². The second-order valence-electron chi connectivity index (χ2n) is 6.81. The van der Waals surface area contributed by atoms with E-state index in [1.807, 2.05) is 0 Å². The summed E-state index contributed by atoms with van der Waals surface area (Å²) < 4.78 is 9.99. The average Bonchev–Trinajstić information content (AvgIpc) is 2.70. The summed E-state index contributed by atoms with van der Waals surface area (Å²) in [5.74, 6) is -1.51. The van der Waals surface area contributed by atoms with E-state index in [4.69, 9.17) is 15.2 Å². The van der Waals surface area contributed by atoms with Gasteiger partial charge in [-0.2, -0.15) is 0 Å². The molecule has 0 bridgehead atoms. The van der Waals surface area contributed by atoms with E-state index in [1.54, 1.807) is 12.1 Å². The van der Waals surface area contributed by atoms with Crippen molar-refractivity contribution in [2.24, 2.45) is 5.73 Å². The minimum absolute atomic E-state index is 0.0801.